The van der Waals surface area contributed by atoms with Crippen molar-refractivity contribution in [1.82, 2.24) is 4.90 Å². The average Bonchev–Trinajstić information content (AvgIpc) is 2.98. The highest BCUT2D eigenvalue weighted by Gasteiger charge is 2.38. The van der Waals surface area contributed by atoms with E-state index in [1.165, 1.54) is 6.20 Å². The molecular weight excluding hydrogens is 510 g/mol. The van der Waals surface area contributed by atoms with Gasteiger partial charge in [-0.1, -0.05) is 86.8 Å². The summed E-state index contributed by atoms with van der Waals surface area (Å²) in [5, 5.41) is 36.9. The van der Waals surface area contributed by atoms with Gasteiger partial charge in [0.1, 0.15) is 5.75 Å². The zero-order valence-electron chi connectivity index (χ0n) is 22.6. The third kappa shape index (κ3) is 8.79. The van der Waals surface area contributed by atoms with Crippen LogP contribution < -0.4 is 10.5 Å². The van der Waals surface area contributed by atoms with Gasteiger partial charge >= 0.3 is 0 Å². The second kappa shape index (κ2) is 16.5. The van der Waals surface area contributed by atoms with Gasteiger partial charge in [0.05, 0.1) is 13.2 Å². The van der Waals surface area contributed by atoms with Gasteiger partial charge in [-0.15, -0.1) is 0 Å². The normalized spacial score (nSPS) is 11.1. The van der Waals surface area contributed by atoms with Gasteiger partial charge in [-0.25, -0.2) is 0 Å². The smallest absolute Gasteiger partial charge is 0.290 e. The third-order valence-electron chi connectivity index (χ3n) is 6.14. The number of aliphatic hydroxyl groups is 2. The summed E-state index contributed by atoms with van der Waals surface area (Å²) in [5.74, 6) is -2.56. The number of carboxylic acid groups (broad SMARTS) is 1. The zero-order chi connectivity index (χ0) is 29.4. The molecule has 40 heavy (non-hydrogen) atoms. The molecule has 0 aliphatic carbocycles. The molecule has 0 fully saturated rings. The number of unbranched alkanes of at least 4 members (excludes halogenated alkanes) is 3. The summed E-state index contributed by atoms with van der Waals surface area (Å²) in [5.41, 5.74) is 7.82. The molecule has 0 aliphatic heterocycles. The van der Waals surface area contributed by atoms with E-state index >= 15 is 0 Å². The minimum atomic E-state index is -2.58. The molecule has 3 rings (SSSR count). The van der Waals surface area contributed by atoms with Gasteiger partial charge in [0.25, 0.3) is 18.3 Å². The van der Waals surface area contributed by atoms with Crippen molar-refractivity contribution in [3.8, 4) is 5.75 Å². The van der Waals surface area contributed by atoms with Gasteiger partial charge in [0.15, 0.2) is 0 Å². The molecular formula is C31H37N3O6. The predicted molar refractivity (Wildman–Crippen MR) is 155 cm³/mol. The lowest BCUT2D eigenvalue weighted by atomic mass is 10.0. The van der Waals surface area contributed by atoms with Crippen molar-refractivity contribution in [2.75, 3.05) is 6.61 Å². The van der Waals surface area contributed by atoms with Crippen molar-refractivity contribution in [2.45, 2.75) is 45.1 Å². The van der Waals surface area contributed by atoms with Crippen LogP contribution in [-0.2, 0) is 17.3 Å². The largest absolute Gasteiger partial charge is 0.493 e. The highest BCUT2D eigenvalue weighted by atomic mass is 16.5. The molecule has 0 bridgehead atoms. The Hall–Kier alpha value is -4.47. The van der Waals surface area contributed by atoms with Gasteiger partial charge in [-0.05, 0) is 30.2 Å². The van der Waals surface area contributed by atoms with Crippen LogP contribution in [0.3, 0.4) is 0 Å². The summed E-state index contributed by atoms with van der Waals surface area (Å²) in [6, 6.07) is 22.0. The van der Waals surface area contributed by atoms with Crippen molar-refractivity contribution in [3.05, 3.63) is 107 Å². The topological polar surface area (TPSA) is 157 Å². The molecule has 0 heterocycles. The fourth-order valence-corrected chi connectivity index (χ4v) is 3.99. The fourth-order valence-electron chi connectivity index (χ4n) is 3.99. The highest BCUT2D eigenvalue weighted by molar-refractivity contribution is 6.08. The van der Waals surface area contributed by atoms with Crippen molar-refractivity contribution in [2.24, 2.45) is 5.73 Å². The van der Waals surface area contributed by atoms with E-state index in [9.17, 15) is 15.0 Å². The van der Waals surface area contributed by atoms with E-state index in [4.69, 9.17) is 25.8 Å². The molecule has 0 saturated carbocycles. The number of nitrogens with two attached hydrogens (primary N) is 1. The van der Waals surface area contributed by atoms with Gasteiger partial charge in [0, 0.05) is 34.7 Å². The molecule has 3 aromatic carbocycles. The quantitative estimate of drug-likeness (QED) is 0.0895. The number of carbonyl (C=O) groups excluding carboxylic acids is 1. The first-order chi connectivity index (χ1) is 19.3. The molecule has 1 amide bonds. The summed E-state index contributed by atoms with van der Waals surface area (Å²) in [6.45, 7) is 2.35. The lowest BCUT2D eigenvalue weighted by Crippen LogP contribution is -2.49. The first-order valence-corrected chi connectivity index (χ1v) is 13.0. The number of ether oxygens (including phenoxy) is 1. The Kier molecular flexibility index (Phi) is 13.1. The van der Waals surface area contributed by atoms with E-state index in [-0.39, 0.29) is 24.1 Å². The standard InChI is InChI=1S/C30H35N3O4.CH2O2/c1-2-3-4-10-19-37-28-14-9-8-11-25(28)22-33(30(35,36)27-12-6-5-7-13-27)29(34)24-17-15-23(16-18-24)26(20-31)21-32;2-1-3/h5-9,11-18,20-21,31,35-36H,2-4,10,19,22,32H2,1H3;1H,(H,2,3)/b26-21+,31-20?;. The van der Waals surface area contributed by atoms with Crippen molar-refractivity contribution < 1.29 is 29.6 Å². The van der Waals surface area contributed by atoms with Crippen LogP contribution in [0.4, 0.5) is 0 Å². The molecule has 3 aromatic rings. The summed E-state index contributed by atoms with van der Waals surface area (Å²) in [6.07, 6.45) is 6.71. The molecule has 0 radical (unpaired) electrons. The van der Waals surface area contributed by atoms with E-state index in [2.05, 4.69) is 6.92 Å². The lowest BCUT2D eigenvalue weighted by Gasteiger charge is -2.36. The Morgan fingerprint density at radius 3 is 2.15 bits per heavy atom. The molecule has 0 spiro atoms. The van der Waals surface area contributed by atoms with E-state index < -0.39 is 11.8 Å². The van der Waals surface area contributed by atoms with Gasteiger partial charge in [-0.2, -0.15) is 0 Å². The van der Waals surface area contributed by atoms with Crippen LogP contribution in [0.1, 0.15) is 59.7 Å². The average molecular weight is 548 g/mol. The van der Waals surface area contributed by atoms with Crippen molar-refractivity contribution in [3.63, 3.8) is 0 Å². The highest BCUT2D eigenvalue weighted by Crippen LogP contribution is 2.30. The molecule has 212 valence electrons. The maximum absolute atomic E-state index is 13.7. The number of para-hydroxylation sites is 1. The van der Waals surface area contributed by atoms with E-state index in [1.54, 1.807) is 54.6 Å². The van der Waals surface area contributed by atoms with Crippen molar-refractivity contribution in [1.29, 1.82) is 5.41 Å². The number of nitrogens with zero attached hydrogens (tertiary/aromatic N) is 1. The van der Waals surface area contributed by atoms with Gasteiger partial charge in [-0.3, -0.25) is 14.5 Å². The Morgan fingerprint density at radius 2 is 1.55 bits per heavy atom. The second-order valence-electron chi connectivity index (χ2n) is 8.86. The van der Waals surface area contributed by atoms with E-state index in [1.807, 2.05) is 24.3 Å². The number of carbonyl (C=O) groups is 2. The van der Waals surface area contributed by atoms with Gasteiger partial charge in [0.2, 0.25) is 0 Å². The zero-order valence-corrected chi connectivity index (χ0v) is 22.6. The molecule has 9 nitrogen and oxygen atoms in total. The monoisotopic (exact) mass is 547 g/mol. The van der Waals surface area contributed by atoms with Crippen molar-refractivity contribution >= 4 is 24.2 Å². The van der Waals surface area contributed by atoms with Crippen LogP contribution in [-0.4, -0.2) is 45.4 Å². The SMILES string of the molecule is CCCCCCOc1ccccc1CN(C(=O)c1ccc(/C(C=N)=C/N)cc1)C(O)(O)c1ccccc1.O=CO. The van der Waals surface area contributed by atoms with Crippen LogP contribution in [0.15, 0.2) is 85.1 Å². The molecule has 0 aromatic heterocycles. The second-order valence-corrected chi connectivity index (χ2v) is 8.86. The van der Waals surface area contributed by atoms with Crippen LogP contribution in [0.25, 0.3) is 5.57 Å². The Bertz CT molecular complexity index is 1240. The summed E-state index contributed by atoms with van der Waals surface area (Å²) in [4.78, 5) is 23.1. The molecule has 0 atom stereocenters. The van der Waals surface area contributed by atoms with Crippen LogP contribution >= 0.6 is 0 Å². The predicted octanol–water partition coefficient (Wildman–Crippen LogP) is 4.73. The number of hydrogen-bond acceptors (Lipinski definition) is 7. The molecule has 0 unspecified atom stereocenters. The first kappa shape index (κ1) is 31.7. The number of rotatable bonds is 13. The Morgan fingerprint density at radius 1 is 0.950 bits per heavy atom. The number of amides is 1. The maximum atomic E-state index is 13.7. The van der Waals surface area contributed by atoms with Crippen LogP contribution in [0, 0.1) is 5.41 Å². The van der Waals surface area contributed by atoms with Gasteiger partial charge < -0.3 is 31.2 Å². The third-order valence-corrected chi connectivity index (χ3v) is 6.14. The van der Waals surface area contributed by atoms with E-state index in [0.717, 1.165) is 36.8 Å². The molecule has 0 saturated heterocycles. The molecule has 0 aliphatic rings. The number of nitrogens with one attached hydrogen (secondary N) is 1. The number of benzene rings is 3. The number of hydrogen-bond donors (Lipinski definition) is 5. The summed E-state index contributed by atoms with van der Waals surface area (Å²) >= 11 is 0. The van der Waals surface area contributed by atoms with Crippen LogP contribution in [0.5, 0.6) is 5.75 Å². The first-order valence-electron chi connectivity index (χ1n) is 13.0. The summed E-state index contributed by atoms with van der Waals surface area (Å²) < 4.78 is 6.01. The fraction of sp³-hybridized carbons (Fsp3) is 0.258. The molecule has 9 heteroatoms. The minimum Gasteiger partial charge on any atom is -0.493 e. The van der Waals surface area contributed by atoms with Crippen LogP contribution in [0.2, 0.25) is 0 Å². The molecule has 6 N–H and O–H groups in total. The summed E-state index contributed by atoms with van der Waals surface area (Å²) in [7, 11) is 0. The van der Waals surface area contributed by atoms with E-state index in [0.29, 0.717) is 29.1 Å². The maximum Gasteiger partial charge on any atom is 0.290 e. The Labute approximate surface area is 234 Å². The lowest BCUT2D eigenvalue weighted by molar-refractivity contribution is -0.259. The minimum absolute atomic E-state index is 0.0952. The Balaban J connectivity index is 0.00000178. The number of allylic oxidation sites excluding steroid dienone is 1.